The van der Waals surface area contributed by atoms with Crippen LogP contribution in [0.15, 0.2) is 0 Å². The Morgan fingerprint density at radius 3 is 1.84 bits per heavy atom. The summed E-state index contributed by atoms with van der Waals surface area (Å²) < 4.78 is 0. The third-order valence-corrected chi connectivity index (χ3v) is 10.3. The predicted octanol–water partition coefficient (Wildman–Crippen LogP) is 1.95. The van der Waals surface area contributed by atoms with Gasteiger partial charge in [0.2, 0.25) is 23.5 Å². The SMILES string of the molecule is CC(C)(C)[C@H](NC(=O)N[C@H](C(=O)N1CC2[C@@H]([C@H]1C(=O)NC(CC1CC1)C(=O)C(N)=O)C2(C)C)C(C)(C)C)C(=O)N1CCCCC1. The summed E-state index contributed by atoms with van der Waals surface area (Å²) in [5, 5.41) is 8.49. The van der Waals surface area contributed by atoms with E-state index in [0.29, 0.717) is 26.1 Å². The van der Waals surface area contributed by atoms with Gasteiger partial charge < -0.3 is 31.5 Å². The van der Waals surface area contributed by atoms with E-state index in [1.807, 2.05) is 41.5 Å². The summed E-state index contributed by atoms with van der Waals surface area (Å²) in [6.45, 7) is 16.9. The molecule has 12 heteroatoms. The average Bonchev–Trinajstić information content (AvgIpc) is 3.79. The zero-order valence-electron chi connectivity index (χ0n) is 28.3. The third-order valence-electron chi connectivity index (χ3n) is 10.3. The van der Waals surface area contributed by atoms with Crippen LogP contribution in [0.2, 0.25) is 0 Å². The number of hydrogen-bond donors (Lipinski definition) is 4. The number of likely N-dealkylation sites (tertiary alicyclic amines) is 2. The highest BCUT2D eigenvalue weighted by molar-refractivity contribution is 6.37. The monoisotopic (exact) mass is 630 g/mol. The number of nitrogens with zero attached hydrogens (tertiary/aromatic N) is 2. The van der Waals surface area contributed by atoms with Crippen molar-refractivity contribution in [1.82, 2.24) is 25.8 Å². The molecule has 6 amide bonds. The minimum Gasteiger partial charge on any atom is -0.363 e. The van der Waals surface area contributed by atoms with Crippen molar-refractivity contribution in [2.45, 2.75) is 118 Å². The molecule has 4 rings (SSSR count). The van der Waals surface area contributed by atoms with Gasteiger partial charge in [0.05, 0.1) is 6.04 Å². The van der Waals surface area contributed by atoms with Crippen LogP contribution in [0.1, 0.15) is 93.9 Å². The number of carbonyl (C=O) groups excluding carboxylic acids is 6. The summed E-state index contributed by atoms with van der Waals surface area (Å²) in [5.41, 5.74) is 3.81. The van der Waals surface area contributed by atoms with Crippen LogP contribution in [-0.4, -0.2) is 89.0 Å². The molecular weight excluding hydrogens is 576 g/mol. The second-order valence-corrected chi connectivity index (χ2v) is 16.5. The third kappa shape index (κ3) is 7.62. The molecule has 2 saturated carbocycles. The van der Waals surface area contributed by atoms with Gasteiger partial charge in [0, 0.05) is 19.6 Å². The lowest BCUT2D eigenvalue weighted by molar-refractivity contribution is -0.145. The Hall–Kier alpha value is -3.18. The summed E-state index contributed by atoms with van der Waals surface area (Å²) in [6.07, 6.45) is 5.11. The van der Waals surface area contributed by atoms with Crippen molar-refractivity contribution < 1.29 is 28.8 Å². The van der Waals surface area contributed by atoms with Crippen molar-refractivity contribution in [2.75, 3.05) is 19.6 Å². The molecule has 12 nitrogen and oxygen atoms in total. The van der Waals surface area contributed by atoms with Gasteiger partial charge in [0.25, 0.3) is 5.91 Å². The van der Waals surface area contributed by atoms with Crippen molar-refractivity contribution in [1.29, 1.82) is 0 Å². The summed E-state index contributed by atoms with van der Waals surface area (Å²) in [4.78, 5) is 82.8. The molecule has 6 atom stereocenters. The van der Waals surface area contributed by atoms with Crippen LogP contribution in [0.4, 0.5) is 4.79 Å². The van der Waals surface area contributed by atoms with Crippen LogP contribution in [-0.2, 0) is 24.0 Å². The van der Waals surface area contributed by atoms with Crippen LogP contribution in [0.5, 0.6) is 0 Å². The second kappa shape index (κ2) is 12.5. The molecule has 2 heterocycles. The Bertz CT molecular complexity index is 1210. The lowest BCUT2D eigenvalue weighted by Gasteiger charge is -2.39. The number of primary amides is 1. The largest absolute Gasteiger partial charge is 0.363 e. The Labute approximate surface area is 267 Å². The van der Waals surface area contributed by atoms with Crippen LogP contribution in [0, 0.1) is 34.0 Å². The van der Waals surface area contributed by atoms with Crippen molar-refractivity contribution in [2.24, 2.45) is 39.7 Å². The molecule has 0 aromatic heterocycles. The molecule has 0 aromatic rings. The van der Waals surface area contributed by atoms with Gasteiger partial charge in [-0.25, -0.2) is 4.79 Å². The van der Waals surface area contributed by atoms with Crippen molar-refractivity contribution in [3.05, 3.63) is 0 Å². The van der Waals surface area contributed by atoms with Crippen molar-refractivity contribution in [3.63, 3.8) is 0 Å². The topological polar surface area (TPSA) is 171 Å². The molecule has 4 fully saturated rings. The maximum atomic E-state index is 14.3. The highest BCUT2D eigenvalue weighted by Crippen LogP contribution is 2.65. The van der Waals surface area contributed by atoms with Gasteiger partial charge in [-0.15, -0.1) is 0 Å². The number of ketones is 1. The predicted molar refractivity (Wildman–Crippen MR) is 168 cm³/mol. The molecule has 2 unspecified atom stereocenters. The number of amides is 6. The number of fused-ring (bicyclic) bond motifs is 1. The number of piperidine rings is 2. The number of rotatable bonds is 10. The Balaban J connectivity index is 1.52. The van der Waals surface area contributed by atoms with Crippen LogP contribution in [0.25, 0.3) is 0 Å². The molecule has 0 aromatic carbocycles. The smallest absolute Gasteiger partial charge is 0.316 e. The molecule has 2 saturated heterocycles. The zero-order valence-corrected chi connectivity index (χ0v) is 28.3. The molecule has 0 spiro atoms. The summed E-state index contributed by atoms with van der Waals surface area (Å²) in [5.74, 6) is -2.77. The van der Waals surface area contributed by atoms with Crippen LogP contribution in [0.3, 0.4) is 0 Å². The fourth-order valence-electron chi connectivity index (χ4n) is 7.22. The second-order valence-electron chi connectivity index (χ2n) is 16.5. The number of Topliss-reactive ketones (excluding diaryl/α,β-unsaturated/α-hetero) is 1. The highest BCUT2D eigenvalue weighted by Gasteiger charge is 2.70. The van der Waals surface area contributed by atoms with Crippen LogP contribution >= 0.6 is 0 Å². The summed E-state index contributed by atoms with van der Waals surface area (Å²) in [6, 6.07) is -4.33. The van der Waals surface area contributed by atoms with Crippen molar-refractivity contribution in [3.8, 4) is 0 Å². The van der Waals surface area contributed by atoms with Gasteiger partial charge in [0.1, 0.15) is 18.1 Å². The maximum Gasteiger partial charge on any atom is 0.316 e. The molecule has 0 bridgehead atoms. The first-order valence-electron chi connectivity index (χ1n) is 16.6. The minimum atomic E-state index is -1.10. The van der Waals surface area contributed by atoms with E-state index in [-0.39, 0.29) is 29.1 Å². The van der Waals surface area contributed by atoms with Gasteiger partial charge in [0.15, 0.2) is 0 Å². The average molecular weight is 631 g/mol. The summed E-state index contributed by atoms with van der Waals surface area (Å²) in [7, 11) is 0. The standard InChI is InChI=1S/C33H54N6O6/c1-31(2,3)24(28(43)38-14-10-9-11-15-38)36-30(45)37-25(32(4,5)6)29(44)39-17-19-21(33(19,7)8)22(39)27(42)35-20(16-18-12-13-18)23(40)26(34)41/h18-22,24-25H,9-17H2,1-8H3,(H2,34,41)(H,35,42)(H2,36,37,45)/t19?,20?,21-,22-,24+,25+/m0/s1. The number of urea groups is 1. The fourth-order valence-corrected chi connectivity index (χ4v) is 7.22. The van der Waals surface area contributed by atoms with Crippen molar-refractivity contribution >= 4 is 35.4 Å². The Morgan fingerprint density at radius 2 is 1.36 bits per heavy atom. The Kier molecular flexibility index (Phi) is 9.67. The van der Waals surface area contributed by atoms with Gasteiger partial charge in [-0.1, -0.05) is 68.2 Å². The molecule has 2 aliphatic heterocycles. The zero-order chi connectivity index (χ0) is 33.6. The van der Waals surface area contributed by atoms with Gasteiger partial charge >= 0.3 is 6.03 Å². The number of nitrogens with one attached hydrogen (secondary N) is 3. The normalized spacial score (nSPS) is 26.2. The van der Waals surface area contributed by atoms with E-state index in [1.54, 1.807) is 4.90 Å². The first kappa shape index (κ1) is 34.7. The van der Waals surface area contributed by atoms with Gasteiger partial charge in [-0.2, -0.15) is 0 Å². The van der Waals surface area contributed by atoms with Gasteiger partial charge in [-0.05, 0) is 59.7 Å². The number of nitrogens with two attached hydrogens (primary N) is 1. The van der Waals surface area contributed by atoms with Crippen LogP contribution < -0.4 is 21.7 Å². The first-order valence-corrected chi connectivity index (χ1v) is 16.6. The quantitative estimate of drug-likeness (QED) is 0.269. The molecule has 4 aliphatic rings. The number of carbonyl (C=O) groups is 6. The lowest BCUT2D eigenvalue weighted by Crippen LogP contribution is -2.63. The maximum absolute atomic E-state index is 14.3. The molecule has 252 valence electrons. The van der Waals surface area contributed by atoms with E-state index in [2.05, 4.69) is 29.8 Å². The molecule has 45 heavy (non-hydrogen) atoms. The van der Waals surface area contributed by atoms with Gasteiger partial charge in [-0.3, -0.25) is 24.0 Å². The molecule has 2 aliphatic carbocycles. The molecule has 5 N–H and O–H groups in total. The minimum absolute atomic E-state index is 0.0767. The van der Waals surface area contributed by atoms with E-state index in [1.165, 1.54) is 4.90 Å². The van der Waals surface area contributed by atoms with E-state index in [4.69, 9.17) is 5.73 Å². The van der Waals surface area contributed by atoms with E-state index in [0.717, 1.165) is 32.1 Å². The highest BCUT2D eigenvalue weighted by atomic mass is 16.2. The molecule has 0 radical (unpaired) electrons. The van der Waals surface area contributed by atoms with E-state index in [9.17, 15) is 28.8 Å². The fraction of sp³-hybridized carbons (Fsp3) is 0.818. The van der Waals surface area contributed by atoms with E-state index < -0.39 is 64.5 Å². The first-order chi connectivity index (χ1) is 20.7. The number of hydrogen-bond acceptors (Lipinski definition) is 6. The lowest BCUT2D eigenvalue weighted by atomic mass is 9.84. The molecular formula is C33H54N6O6. The van der Waals surface area contributed by atoms with E-state index >= 15 is 0 Å². The Morgan fingerprint density at radius 1 is 0.822 bits per heavy atom. The summed E-state index contributed by atoms with van der Waals surface area (Å²) >= 11 is 0.